The Morgan fingerprint density at radius 3 is 2.87 bits per heavy atom. The van der Waals surface area contributed by atoms with Gasteiger partial charge in [-0.3, -0.25) is 14.8 Å². The summed E-state index contributed by atoms with van der Waals surface area (Å²) in [6.07, 6.45) is 3.51. The molecular formula is C14H21N5O2S2. The van der Waals surface area contributed by atoms with Gasteiger partial charge in [0.15, 0.2) is 4.34 Å². The second kappa shape index (κ2) is 8.88. The molecule has 0 bridgehead atoms. The number of aromatic nitrogens is 4. The second-order valence-corrected chi connectivity index (χ2v) is 7.21. The number of carbonyl (C=O) groups is 1. The van der Waals surface area contributed by atoms with Crippen molar-refractivity contribution in [3.8, 4) is 5.88 Å². The van der Waals surface area contributed by atoms with Crippen molar-refractivity contribution < 1.29 is 9.53 Å². The highest BCUT2D eigenvalue weighted by atomic mass is 32.2. The molecule has 0 aliphatic carbocycles. The molecule has 2 aromatic heterocycles. The molecule has 126 valence electrons. The highest BCUT2D eigenvalue weighted by molar-refractivity contribution is 8.01. The van der Waals surface area contributed by atoms with Crippen LogP contribution < -0.4 is 10.1 Å². The molecule has 0 aliphatic rings. The molecule has 0 radical (unpaired) electrons. The molecule has 2 rings (SSSR count). The summed E-state index contributed by atoms with van der Waals surface area (Å²) in [7, 11) is 0. The Morgan fingerprint density at radius 1 is 1.35 bits per heavy atom. The number of amides is 1. The third kappa shape index (κ3) is 4.93. The third-order valence-electron chi connectivity index (χ3n) is 2.76. The number of hydrogen-bond acceptors (Lipinski definition) is 7. The van der Waals surface area contributed by atoms with Crippen LogP contribution in [0.4, 0.5) is 5.13 Å². The molecule has 0 aliphatic heterocycles. The number of ether oxygens (including phenoxy) is 1. The van der Waals surface area contributed by atoms with Gasteiger partial charge in [-0.15, -0.1) is 15.3 Å². The van der Waals surface area contributed by atoms with Crippen LogP contribution in [0.5, 0.6) is 5.88 Å². The van der Waals surface area contributed by atoms with Gasteiger partial charge in [0, 0.05) is 12.7 Å². The van der Waals surface area contributed by atoms with E-state index in [0.29, 0.717) is 23.2 Å². The Kier molecular flexibility index (Phi) is 6.85. The summed E-state index contributed by atoms with van der Waals surface area (Å²) in [6, 6.07) is 0. The predicted octanol–water partition coefficient (Wildman–Crippen LogP) is 3.30. The highest BCUT2D eigenvalue weighted by Crippen LogP contribution is 2.26. The summed E-state index contributed by atoms with van der Waals surface area (Å²) in [6.45, 7) is 7.38. The molecule has 0 saturated carbocycles. The van der Waals surface area contributed by atoms with Crippen molar-refractivity contribution in [1.82, 2.24) is 20.0 Å². The molecule has 0 atom stereocenters. The first kappa shape index (κ1) is 17.7. The number of hydrogen-bond donors (Lipinski definition) is 1. The molecule has 7 nitrogen and oxygen atoms in total. The average Bonchev–Trinajstić information content (AvgIpc) is 3.13. The van der Waals surface area contributed by atoms with Crippen LogP contribution in [0.1, 0.15) is 44.0 Å². The van der Waals surface area contributed by atoms with Gasteiger partial charge in [-0.2, -0.15) is 0 Å². The normalized spacial score (nSPS) is 10.7. The number of nitrogens with zero attached hydrogens (tertiary/aromatic N) is 4. The molecule has 9 heteroatoms. The molecule has 0 unspecified atom stereocenters. The van der Waals surface area contributed by atoms with Gasteiger partial charge in [0.25, 0.3) is 5.91 Å². The molecule has 0 fully saturated rings. The molecule has 0 saturated heterocycles. The van der Waals surface area contributed by atoms with Crippen LogP contribution in [0.3, 0.4) is 0 Å². The van der Waals surface area contributed by atoms with Crippen LogP contribution >= 0.6 is 23.1 Å². The summed E-state index contributed by atoms with van der Waals surface area (Å²) in [5.41, 5.74) is 0.423. The van der Waals surface area contributed by atoms with Crippen molar-refractivity contribution in [3.05, 3.63) is 11.8 Å². The number of aryl methyl sites for hydroxylation is 1. The summed E-state index contributed by atoms with van der Waals surface area (Å²) >= 11 is 2.96. The van der Waals surface area contributed by atoms with E-state index in [4.69, 9.17) is 4.74 Å². The maximum atomic E-state index is 12.5. The van der Waals surface area contributed by atoms with E-state index < -0.39 is 0 Å². The minimum atomic E-state index is -0.275. The van der Waals surface area contributed by atoms with Crippen molar-refractivity contribution >= 4 is 34.1 Å². The van der Waals surface area contributed by atoms with Crippen molar-refractivity contribution in [2.45, 2.75) is 44.5 Å². The van der Waals surface area contributed by atoms with Gasteiger partial charge in [-0.1, -0.05) is 43.9 Å². The monoisotopic (exact) mass is 355 g/mol. The molecule has 2 aromatic rings. The minimum Gasteiger partial charge on any atom is -0.476 e. The van der Waals surface area contributed by atoms with E-state index in [1.54, 1.807) is 22.6 Å². The summed E-state index contributed by atoms with van der Waals surface area (Å²) in [5.74, 6) is 1.01. The maximum Gasteiger partial charge on any atom is 0.264 e. The zero-order valence-corrected chi connectivity index (χ0v) is 15.2. The number of rotatable bonds is 9. The minimum absolute atomic E-state index is 0.275. The zero-order valence-electron chi connectivity index (χ0n) is 13.5. The lowest BCUT2D eigenvalue weighted by atomic mass is 10.3. The standard InChI is InChI=1S/C14H21N5O2S2/c1-4-7-19-9-10(12(18-19)21-8-5-2)11(20)15-13-16-17-14(23-13)22-6-3/h9H,4-8H2,1-3H3,(H,15,16,20). The SMILES string of the molecule is CCCOc1nn(CCC)cc1C(=O)Nc1nnc(SCC)s1. The first-order valence-corrected chi connectivity index (χ1v) is 9.46. The predicted molar refractivity (Wildman–Crippen MR) is 92.6 cm³/mol. The molecule has 0 aromatic carbocycles. The number of nitrogens with one attached hydrogen (secondary N) is 1. The first-order valence-electron chi connectivity index (χ1n) is 7.65. The Hall–Kier alpha value is -1.61. The van der Waals surface area contributed by atoms with E-state index in [1.165, 1.54) is 11.3 Å². The smallest absolute Gasteiger partial charge is 0.264 e. The Balaban J connectivity index is 2.12. The van der Waals surface area contributed by atoms with E-state index in [1.807, 2.05) is 13.8 Å². The molecule has 0 spiro atoms. The zero-order chi connectivity index (χ0) is 16.7. The van der Waals surface area contributed by atoms with Crippen molar-refractivity contribution in [3.63, 3.8) is 0 Å². The van der Waals surface area contributed by atoms with E-state index >= 15 is 0 Å². The van der Waals surface area contributed by atoms with Crippen LogP contribution in [0, 0.1) is 0 Å². The van der Waals surface area contributed by atoms with Crippen LogP contribution in [0.2, 0.25) is 0 Å². The van der Waals surface area contributed by atoms with Gasteiger partial charge < -0.3 is 4.74 Å². The lowest BCUT2D eigenvalue weighted by molar-refractivity contribution is 0.102. The van der Waals surface area contributed by atoms with E-state index in [-0.39, 0.29) is 5.91 Å². The quantitative estimate of drug-likeness (QED) is 0.549. The van der Waals surface area contributed by atoms with E-state index in [2.05, 4.69) is 27.5 Å². The van der Waals surface area contributed by atoms with Gasteiger partial charge >= 0.3 is 0 Å². The molecule has 1 amide bonds. The number of thioether (sulfide) groups is 1. The lowest BCUT2D eigenvalue weighted by Gasteiger charge is -2.03. The fourth-order valence-electron chi connectivity index (χ4n) is 1.81. The van der Waals surface area contributed by atoms with Gasteiger partial charge in [0.1, 0.15) is 5.56 Å². The Bertz CT molecular complexity index is 641. The molecule has 2 heterocycles. The van der Waals surface area contributed by atoms with Crippen molar-refractivity contribution in [2.24, 2.45) is 0 Å². The summed E-state index contributed by atoms with van der Waals surface area (Å²) in [4.78, 5) is 12.5. The third-order valence-corrected chi connectivity index (χ3v) is 4.62. The Labute approximate surface area is 143 Å². The lowest BCUT2D eigenvalue weighted by Crippen LogP contribution is -2.12. The first-order chi connectivity index (χ1) is 11.2. The van der Waals surface area contributed by atoms with Crippen molar-refractivity contribution in [1.29, 1.82) is 0 Å². The number of carbonyl (C=O) groups excluding carboxylic acids is 1. The molecule has 1 N–H and O–H groups in total. The van der Waals surface area contributed by atoms with Gasteiger partial charge in [0.2, 0.25) is 11.0 Å². The van der Waals surface area contributed by atoms with E-state index in [9.17, 15) is 4.79 Å². The Morgan fingerprint density at radius 2 is 2.17 bits per heavy atom. The maximum absolute atomic E-state index is 12.5. The topological polar surface area (TPSA) is 81.9 Å². The van der Waals surface area contributed by atoms with Crippen LogP contribution in [-0.2, 0) is 6.54 Å². The fraction of sp³-hybridized carbons (Fsp3) is 0.571. The van der Waals surface area contributed by atoms with Crippen LogP contribution in [0.15, 0.2) is 10.5 Å². The van der Waals surface area contributed by atoms with Crippen LogP contribution in [-0.4, -0.2) is 38.2 Å². The summed E-state index contributed by atoms with van der Waals surface area (Å²) < 4.78 is 8.16. The molecule has 23 heavy (non-hydrogen) atoms. The average molecular weight is 355 g/mol. The van der Waals surface area contributed by atoms with E-state index in [0.717, 1.165) is 29.5 Å². The summed E-state index contributed by atoms with van der Waals surface area (Å²) in [5, 5.41) is 15.6. The second-order valence-electron chi connectivity index (χ2n) is 4.72. The van der Waals surface area contributed by atoms with Crippen molar-refractivity contribution in [2.75, 3.05) is 17.7 Å². The van der Waals surface area contributed by atoms with Gasteiger partial charge in [0.05, 0.1) is 6.61 Å². The van der Waals surface area contributed by atoms with Crippen LogP contribution in [0.25, 0.3) is 0 Å². The van der Waals surface area contributed by atoms with Gasteiger partial charge in [-0.25, -0.2) is 0 Å². The number of anilines is 1. The largest absolute Gasteiger partial charge is 0.476 e. The highest BCUT2D eigenvalue weighted by Gasteiger charge is 2.19. The fourth-order valence-corrected chi connectivity index (χ4v) is 3.46. The molecular weight excluding hydrogens is 334 g/mol. The van der Waals surface area contributed by atoms with Gasteiger partial charge in [-0.05, 0) is 18.6 Å².